The summed E-state index contributed by atoms with van der Waals surface area (Å²) in [7, 11) is 0. The second kappa shape index (κ2) is 10.6. The van der Waals surface area contributed by atoms with E-state index in [0.29, 0.717) is 12.6 Å². The summed E-state index contributed by atoms with van der Waals surface area (Å²) in [5.41, 5.74) is 0. The van der Waals surface area contributed by atoms with Gasteiger partial charge in [0.15, 0.2) is 0 Å². The first-order valence-electron chi connectivity index (χ1n) is 8.38. The van der Waals surface area contributed by atoms with Gasteiger partial charge in [-0.25, -0.2) is 0 Å². The van der Waals surface area contributed by atoms with Crippen molar-refractivity contribution in [3.05, 3.63) is 0 Å². The summed E-state index contributed by atoms with van der Waals surface area (Å²) in [6.45, 7) is 9.03. The average molecular weight is 270 g/mol. The van der Waals surface area contributed by atoms with Crippen LogP contribution in [0.4, 0.5) is 0 Å². The van der Waals surface area contributed by atoms with Gasteiger partial charge in [0, 0.05) is 19.1 Å². The maximum Gasteiger partial charge on any atom is 0.0558 e. The minimum Gasteiger partial charge on any atom is -0.395 e. The molecule has 19 heavy (non-hydrogen) atoms. The molecule has 0 saturated heterocycles. The zero-order valence-electron chi connectivity index (χ0n) is 13.0. The SMILES string of the molecule is CCCNC1CCCCCC1CN(CCC)CCO. The van der Waals surface area contributed by atoms with E-state index in [1.807, 2.05) is 0 Å². The van der Waals surface area contributed by atoms with Gasteiger partial charge in [-0.1, -0.05) is 33.1 Å². The molecule has 0 aliphatic heterocycles. The number of aliphatic hydroxyl groups is 1. The van der Waals surface area contributed by atoms with Gasteiger partial charge in [-0.3, -0.25) is 0 Å². The Morgan fingerprint density at radius 2 is 1.84 bits per heavy atom. The fraction of sp³-hybridized carbons (Fsp3) is 1.00. The van der Waals surface area contributed by atoms with Gasteiger partial charge in [-0.2, -0.15) is 0 Å². The number of nitrogens with one attached hydrogen (secondary N) is 1. The first kappa shape index (κ1) is 16.9. The van der Waals surface area contributed by atoms with E-state index >= 15 is 0 Å². The van der Waals surface area contributed by atoms with Gasteiger partial charge in [0.05, 0.1) is 6.61 Å². The van der Waals surface area contributed by atoms with E-state index in [0.717, 1.165) is 32.1 Å². The van der Waals surface area contributed by atoms with Crippen LogP contribution < -0.4 is 5.32 Å². The molecular weight excluding hydrogens is 236 g/mol. The minimum absolute atomic E-state index is 0.291. The van der Waals surface area contributed by atoms with Gasteiger partial charge in [-0.05, 0) is 44.7 Å². The Kier molecular flexibility index (Phi) is 9.48. The molecule has 0 heterocycles. The molecule has 114 valence electrons. The van der Waals surface area contributed by atoms with Crippen molar-refractivity contribution in [2.45, 2.75) is 64.8 Å². The van der Waals surface area contributed by atoms with Gasteiger partial charge < -0.3 is 15.3 Å². The number of rotatable bonds is 9. The van der Waals surface area contributed by atoms with E-state index < -0.39 is 0 Å². The van der Waals surface area contributed by atoms with E-state index in [1.165, 1.54) is 44.9 Å². The van der Waals surface area contributed by atoms with E-state index in [9.17, 15) is 5.11 Å². The highest BCUT2D eigenvalue weighted by molar-refractivity contribution is 4.82. The molecule has 2 atom stereocenters. The van der Waals surface area contributed by atoms with Crippen LogP contribution in [0.25, 0.3) is 0 Å². The molecule has 2 N–H and O–H groups in total. The lowest BCUT2D eigenvalue weighted by Crippen LogP contribution is -2.43. The molecule has 1 aliphatic carbocycles. The standard InChI is InChI=1S/C16H34N2O/c1-3-10-17-16-9-7-5-6-8-15(16)14-18(11-4-2)12-13-19/h15-17,19H,3-14H2,1-2H3. The van der Waals surface area contributed by atoms with Crippen LogP contribution >= 0.6 is 0 Å². The normalized spacial score (nSPS) is 24.6. The van der Waals surface area contributed by atoms with Gasteiger partial charge in [-0.15, -0.1) is 0 Å². The first-order valence-corrected chi connectivity index (χ1v) is 8.38. The fourth-order valence-corrected chi connectivity index (χ4v) is 3.29. The van der Waals surface area contributed by atoms with E-state index in [2.05, 4.69) is 24.1 Å². The second-order valence-corrected chi connectivity index (χ2v) is 5.98. The molecule has 0 amide bonds. The highest BCUT2D eigenvalue weighted by atomic mass is 16.3. The highest BCUT2D eigenvalue weighted by Gasteiger charge is 2.24. The lowest BCUT2D eigenvalue weighted by molar-refractivity contribution is 0.156. The molecule has 3 heteroatoms. The lowest BCUT2D eigenvalue weighted by Gasteiger charge is -2.31. The molecule has 3 nitrogen and oxygen atoms in total. The third-order valence-electron chi connectivity index (χ3n) is 4.26. The summed E-state index contributed by atoms with van der Waals surface area (Å²) in [5.74, 6) is 0.771. The summed E-state index contributed by atoms with van der Waals surface area (Å²) < 4.78 is 0. The maximum atomic E-state index is 9.20. The minimum atomic E-state index is 0.291. The average Bonchev–Trinajstić information content (AvgIpc) is 2.62. The third kappa shape index (κ3) is 6.73. The Hall–Kier alpha value is -0.120. The second-order valence-electron chi connectivity index (χ2n) is 5.98. The predicted octanol–water partition coefficient (Wildman–Crippen LogP) is 2.64. The zero-order valence-corrected chi connectivity index (χ0v) is 13.0. The number of aliphatic hydroxyl groups excluding tert-OH is 1. The van der Waals surface area contributed by atoms with Crippen molar-refractivity contribution in [1.82, 2.24) is 10.2 Å². The van der Waals surface area contributed by atoms with Crippen molar-refractivity contribution in [2.75, 3.05) is 32.8 Å². The van der Waals surface area contributed by atoms with Crippen LogP contribution in [-0.4, -0.2) is 48.8 Å². The summed E-state index contributed by atoms with van der Waals surface area (Å²) in [5, 5.41) is 13.0. The van der Waals surface area contributed by atoms with Crippen molar-refractivity contribution >= 4 is 0 Å². The van der Waals surface area contributed by atoms with Gasteiger partial charge in [0.2, 0.25) is 0 Å². The van der Waals surface area contributed by atoms with Crippen LogP contribution in [0.15, 0.2) is 0 Å². The smallest absolute Gasteiger partial charge is 0.0558 e. The Bertz CT molecular complexity index is 205. The van der Waals surface area contributed by atoms with Crippen molar-refractivity contribution in [1.29, 1.82) is 0 Å². The maximum absolute atomic E-state index is 9.20. The zero-order chi connectivity index (χ0) is 13.9. The van der Waals surface area contributed by atoms with Crippen molar-refractivity contribution in [2.24, 2.45) is 5.92 Å². The van der Waals surface area contributed by atoms with Gasteiger partial charge in [0.25, 0.3) is 0 Å². The third-order valence-corrected chi connectivity index (χ3v) is 4.26. The number of hydrogen-bond acceptors (Lipinski definition) is 3. The molecule has 2 unspecified atom stereocenters. The van der Waals surface area contributed by atoms with Crippen LogP contribution in [0.5, 0.6) is 0 Å². The van der Waals surface area contributed by atoms with Gasteiger partial charge in [0.1, 0.15) is 0 Å². The molecule has 1 fully saturated rings. The molecule has 1 saturated carbocycles. The van der Waals surface area contributed by atoms with Crippen LogP contribution in [0, 0.1) is 5.92 Å². The fourth-order valence-electron chi connectivity index (χ4n) is 3.29. The largest absolute Gasteiger partial charge is 0.395 e. The highest BCUT2D eigenvalue weighted by Crippen LogP contribution is 2.24. The lowest BCUT2D eigenvalue weighted by atomic mass is 9.93. The summed E-state index contributed by atoms with van der Waals surface area (Å²) >= 11 is 0. The Labute approximate surface area is 119 Å². The Morgan fingerprint density at radius 3 is 2.53 bits per heavy atom. The van der Waals surface area contributed by atoms with Crippen LogP contribution in [0.2, 0.25) is 0 Å². The number of hydrogen-bond donors (Lipinski definition) is 2. The molecule has 0 aromatic heterocycles. The quantitative estimate of drug-likeness (QED) is 0.632. The van der Waals surface area contributed by atoms with Crippen molar-refractivity contribution in [3.63, 3.8) is 0 Å². The van der Waals surface area contributed by atoms with E-state index in [4.69, 9.17) is 0 Å². The molecular formula is C16H34N2O. The molecule has 0 spiro atoms. The number of nitrogens with zero attached hydrogens (tertiary/aromatic N) is 1. The molecule has 1 aliphatic rings. The molecule has 0 radical (unpaired) electrons. The van der Waals surface area contributed by atoms with Crippen molar-refractivity contribution < 1.29 is 5.11 Å². The topological polar surface area (TPSA) is 35.5 Å². The molecule has 0 bridgehead atoms. The molecule has 0 aromatic carbocycles. The van der Waals surface area contributed by atoms with Crippen molar-refractivity contribution in [3.8, 4) is 0 Å². The van der Waals surface area contributed by atoms with E-state index in [1.54, 1.807) is 0 Å². The Morgan fingerprint density at radius 1 is 1.05 bits per heavy atom. The molecule has 0 aromatic rings. The summed E-state index contributed by atoms with van der Waals surface area (Å²) in [4.78, 5) is 2.45. The molecule has 1 rings (SSSR count). The van der Waals surface area contributed by atoms with E-state index in [-0.39, 0.29) is 0 Å². The monoisotopic (exact) mass is 270 g/mol. The van der Waals surface area contributed by atoms with Crippen LogP contribution in [0.3, 0.4) is 0 Å². The summed E-state index contributed by atoms with van der Waals surface area (Å²) in [6.07, 6.45) is 9.25. The van der Waals surface area contributed by atoms with Gasteiger partial charge >= 0.3 is 0 Å². The van der Waals surface area contributed by atoms with Crippen LogP contribution in [0.1, 0.15) is 58.8 Å². The summed E-state index contributed by atoms with van der Waals surface area (Å²) in [6, 6.07) is 0.695. The Balaban J connectivity index is 2.51. The first-order chi connectivity index (χ1) is 9.31. The predicted molar refractivity (Wildman–Crippen MR) is 82.5 cm³/mol. The van der Waals surface area contributed by atoms with Crippen LogP contribution in [-0.2, 0) is 0 Å².